The standard InChI is InChI=1S/C19H27N5O2/c1-2-21-19(23-11-14-24-12-3-4-13-24)22-10-9-16-5-7-17(8-6-16)26-15-18(20)25/h3-8,12-13H,2,9-11,14-15H2,1H3,(H2,20,25)(H2,21,22,23). The number of carbonyl (C=O) groups excluding carboxylic acids is 1. The van der Waals surface area contributed by atoms with Gasteiger partial charge in [0.15, 0.2) is 12.6 Å². The summed E-state index contributed by atoms with van der Waals surface area (Å²) in [5.41, 5.74) is 6.22. The second-order valence-corrected chi connectivity index (χ2v) is 5.76. The lowest BCUT2D eigenvalue weighted by molar-refractivity contribution is -0.119. The maximum Gasteiger partial charge on any atom is 0.255 e. The van der Waals surface area contributed by atoms with Gasteiger partial charge >= 0.3 is 0 Å². The van der Waals surface area contributed by atoms with Crippen molar-refractivity contribution in [1.29, 1.82) is 0 Å². The minimum atomic E-state index is -0.483. The van der Waals surface area contributed by atoms with E-state index < -0.39 is 5.91 Å². The fourth-order valence-electron chi connectivity index (χ4n) is 2.37. The van der Waals surface area contributed by atoms with Crippen molar-refractivity contribution >= 4 is 11.9 Å². The molecule has 0 saturated carbocycles. The first-order valence-electron chi connectivity index (χ1n) is 8.80. The Morgan fingerprint density at radius 1 is 1.19 bits per heavy atom. The molecule has 1 aromatic heterocycles. The lowest BCUT2D eigenvalue weighted by atomic mass is 10.1. The molecule has 1 amide bonds. The zero-order valence-electron chi connectivity index (χ0n) is 15.1. The van der Waals surface area contributed by atoms with Crippen LogP contribution in [0, 0.1) is 0 Å². The van der Waals surface area contributed by atoms with Gasteiger partial charge in [0.25, 0.3) is 5.91 Å². The maximum atomic E-state index is 10.7. The van der Waals surface area contributed by atoms with Crippen molar-refractivity contribution in [3.63, 3.8) is 0 Å². The number of hydrogen-bond donors (Lipinski definition) is 3. The van der Waals surface area contributed by atoms with Crippen molar-refractivity contribution < 1.29 is 9.53 Å². The number of nitrogens with one attached hydrogen (secondary N) is 2. The van der Waals surface area contributed by atoms with Gasteiger partial charge in [-0.1, -0.05) is 12.1 Å². The van der Waals surface area contributed by atoms with Gasteiger partial charge < -0.3 is 25.7 Å². The molecule has 0 unspecified atom stereocenters. The first kappa shape index (κ1) is 19.4. The molecule has 26 heavy (non-hydrogen) atoms. The smallest absolute Gasteiger partial charge is 0.255 e. The summed E-state index contributed by atoms with van der Waals surface area (Å²) in [7, 11) is 0. The van der Waals surface area contributed by atoms with Gasteiger partial charge in [-0.3, -0.25) is 9.79 Å². The van der Waals surface area contributed by atoms with E-state index in [1.165, 1.54) is 0 Å². The van der Waals surface area contributed by atoms with Crippen LogP contribution in [0.4, 0.5) is 0 Å². The molecule has 2 rings (SSSR count). The van der Waals surface area contributed by atoms with Gasteiger partial charge in [0.2, 0.25) is 0 Å². The van der Waals surface area contributed by atoms with Gasteiger partial charge in [-0.25, -0.2) is 0 Å². The van der Waals surface area contributed by atoms with E-state index in [2.05, 4.69) is 20.2 Å². The summed E-state index contributed by atoms with van der Waals surface area (Å²) in [6, 6.07) is 11.6. The maximum absolute atomic E-state index is 10.7. The third-order valence-electron chi connectivity index (χ3n) is 3.65. The molecule has 7 nitrogen and oxygen atoms in total. The number of guanidine groups is 1. The van der Waals surface area contributed by atoms with Crippen molar-refractivity contribution in [1.82, 2.24) is 15.2 Å². The van der Waals surface area contributed by atoms with Crippen LogP contribution in [0.5, 0.6) is 5.75 Å². The number of aromatic nitrogens is 1. The highest BCUT2D eigenvalue weighted by atomic mass is 16.5. The predicted octanol–water partition coefficient (Wildman–Crippen LogP) is 1.15. The van der Waals surface area contributed by atoms with E-state index in [1.807, 2.05) is 55.7 Å². The van der Waals surface area contributed by atoms with Crippen LogP contribution in [-0.4, -0.2) is 42.7 Å². The van der Waals surface area contributed by atoms with Crippen LogP contribution in [0.2, 0.25) is 0 Å². The van der Waals surface area contributed by atoms with E-state index in [-0.39, 0.29) is 6.61 Å². The molecule has 2 aromatic rings. The Kier molecular flexibility index (Phi) is 8.05. The molecule has 7 heteroatoms. The van der Waals surface area contributed by atoms with Crippen LogP contribution in [0.25, 0.3) is 0 Å². The Balaban J connectivity index is 1.76. The molecule has 0 aliphatic carbocycles. The first-order valence-corrected chi connectivity index (χ1v) is 8.80. The van der Waals surface area contributed by atoms with Crippen molar-refractivity contribution in [2.75, 3.05) is 26.2 Å². The van der Waals surface area contributed by atoms with Crippen LogP contribution in [0.15, 0.2) is 53.8 Å². The van der Waals surface area contributed by atoms with Crippen LogP contribution in [0.1, 0.15) is 12.5 Å². The molecule has 0 fully saturated rings. The average Bonchev–Trinajstić information content (AvgIpc) is 3.14. The highest BCUT2D eigenvalue weighted by Crippen LogP contribution is 2.12. The molecule has 0 atom stereocenters. The van der Waals surface area contributed by atoms with E-state index in [1.54, 1.807) is 0 Å². The molecule has 0 radical (unpaired) electrons. The summed E-state index contributed by atoms with van der Waals surface area (Å²) in [5, 5.41) is 6.59. The molecule has 0 aliphatic heterocycles. The Labute approximate surface area is 154 Å². The summed E-state index contributed by atoms with van der Waals surface area (Å²) >= 11 is 0. The summed E-state index contributed by atoms with van der Waals surface area (Å²) in [6.45, 7) is 5.15. The monoisotopic (exact) mass is 357 g/mol. The van der Waals surface area contributed by atoms with Crippen molar-refractivity contribution in [3.8, 4) is 5.75 Å². The van der Waals surface area contributed by atoms with E-state index in [0.29, 0.717) is 12.3 Å². The van der Waals surface area contributed by atoms with Gasteiger partial charge in [0.05, 0.1) is 0 Å². The fraction of sp³-hybridized carbons (Fsp3) is 0.368. The molecular weight excluding hydrogens is 330 g/mol. The number of primary amides is 1. The number of benzene rings is 1. The molecule has 0 aliphatic rings. The van der Waals surface area contributed by atoms with Crippen molar-refractivity contribution in [3.05, 3.63) is 54.4 Å². The van der Waals surface area contributed by atoms with Crippen molar-refractivity contribution in [2.24, 2.45) is 10.7 Å². The summed E-state index contributed by atoms with van der Waals surface area (Å²) < 4.78 is 7.37. The summed E-state index contributed by atoms with van der Waals surface area (Å²) in [4.78, 5) is 15.3. The summed E-state index contributed by atoms with van der Waals surface area (Å²) in [5.74, 6) is 0.973. The van der Waals surface area contributed by atoms with Gasteiger partial charge in [0.1, 0.15) is 5.75 Å². The zero-order valence-corrected chi connectivity index (χ0v) is 15.1. The number of hydrogen-bond acceptors (Lipinski definition) is 3. The first-order chi connectivity index (χ1) is 12.7. The number of rotatable bonds is 10. The normalized spacial score (nSPS) is 11.2. The number of amides is 1. The quantitative estimate of drug-likeness (QED) is 0.439. The highest BCUT2D eigenvalue weighted by Gasteiger charge is 2.00. The largest absolute Gasteiger partial charge is 0.484 e. The van der Waals surface area contributed by atoms with Crippen molar-refractivity contribution in [2.45, 2.75) is 19.9 Å². The molecule has 0 spiro atoms. The molecule has 0 bridgehead atoms. The summed E-state index contributed by atoms with van der Waals surface area (Å²) in [6.07, 6.45) is 4.91. The van der Waals surface area contributed by atoms with Crippen LogP contribution in [0.3, 0.4) is 0 Å². The van der Waals surface area contributed by atoms with Crippen LogP contribution in [-0.2, 0) is 17.8 Å². The SMILES string of the molecule is CCNC(=NCCc1ccc(OCC(N)=O)cc1)NCCn1cccc1. The fourth-order valence-corrected chi connectivity index (χ4v) is 2.37. The minimum Gasteiger partial charge on any atom is -0.484 e. The number of nitrogens with zero attached hydrogens (tertiary/aromatic N) is 2. The molecule has 140 valence electrons. The van der Waals surface area contributed by atoms with E-state index >= 15 is 0 Å². The lowest BCUT2D eigenvalue weighted by Gasteiger charge is -2.12. The highest BCUT2D eigenvalue weighted by molar-refractivity contribution is 5.79. The van der Waals surface area contributed by atoms with E-state index in [9.17, 15) is 4.79 Å². The van der Waals surface area contributed by atoms with E-state index in [0.717, 1.165) is 37.6 Å². The zero-order chi connectivity index (χ0) is 18.6. The average molecular weight is 357 g/mol. The topological polar surface area (TPSA) is 93.7 Å². The number of carbonyl (C=O) groups is 1. The van der Waals surface area contributed by atoms with Crippen LogP contribution >= 0.6 is 0 Å². The van der Waals surface area contributed by atoms with Gasteiger partial charge in [-0.2, -0.15) is 0 Å². The number of aliphatic imine (C=N–C) groups is 1. The van der Waals surface area contributed by atoms with Gasteiger partial charge in [-0.05, 0) is 43.2 Å². The molecular formula is C19H27N5O2. The lowest BCUT2D eigenvalue weighted by Crippen LogP contribution is -2.39. The van der Waals surface area contributed by atoms with Crippen LogP contribution < -0.4 is 21.1 Å². The predicted molar refractivity (Wildman–Crippen MR) is 103 cm³/mol. The Morgan fingerprint density at radius 3 is 2.58 bits per heavy atom. The molecule has 0 saturated heterocycles. The van der Waals surface area contributed by atoms with Gasteiger partial charge in [-0.15, -0.1) is 0 Å². The third kappa shape index (κ3) is 7.29. The molecule has 1 aromatic carbocycles. The van der Waals surface area contributed by atoms with E-state index in [4.69, 9.17) is 10.5 Å². The number of nitrogens with two attached hydrogens (primary N) is 1. The second-order valence-electron chi connectivity index (χ2n) is 5.76. The Bertz CT molecular complexity index is 680. The minimum absolute atomic E-state index is 0.107. The third-order valence-corrected chi connectivity index (χ3v) is 3.65. The number of ether oxygens (including phenoxy) is 1. The molecule has 4 N–H and O–H groups in total. The second kappa shape index (κ2) is 10.8. The Morgan fingerprint density at radius 2 is 1.92 bits per heavy atom. The van der Waals surface area contributed by atoms with Gasteiger partial charge in [0, 0.05) is 38.6 Å². The molecule has 1 heterocycles. The Hall–Kier alpha value is -2.96.